The number of aromatic nitrogens is 2. The monoisotopic (exact) mass is 368 g/mol. The van der Waals surface area contributed by atoms with Crippen LogP contribution < -0.4 is 0 Å². The highest BCUT2D eigenvalue weighted by Crippen LogP contribution is 2.25. The largest absolute Gasteiger partial charge is 0.345 e. The lowest BCUT2D eigenvalue weighted by atomic mass is 10.2. The van der Waals surface area contributed by atoms with Gasteiger partial charge in [-0.1, -0.05) is 43.8 Å². The molecule has 1 heterocycles. The lowest BCUT2D eigenvalue weighted by Gasteiger charge is -2.08. The third-order valence-electron chi connectivity index (χ3n) is 2.94. The van der Waals surface area contributed by atoms with Gasteiger partial charge in [-0.2, -0.15) is 0 Å². The van der Waals surface area contributed by atoms with Crippen LogP contribution in [0.5, 0.6) is 0 Å². The fourth-order valence-electron chi connectivity index (χ4n) is 1.91. The lowest BCUT2D eigenvalue weighted by Crippen LogP contribution is -2.00. The fourth-order valence-corrected chi connectivity index (χ4v) is 3.43. The molecule has 0 spiro atoms. The van der Waals surface area contributed by atoms with E-state index in [2.05, 4.69) is 64.0 Å². The van der Waals surface area contributed by atoms with Crippen LogP contribution in [0, 0.1) is 11.6 Å². The SMILES string of the molecule is CCCc1[nH]c(CSc2ccccc2C)nc(=S)c1Br. The molecule has 0 fully saturated rings. The number of nitrogens with one attached hydrogen (secondary N) is 1. The van der Waals surface area contributed by atoms with Crippen LogP contribution in [0.2, 0.25) is 0 Å². The predicted molar refractivity (Wildman–Crippen MR) is 91.9 cm³/mol. The third kappa shape index (κ3) is 3.93. The minimum absolute atomic E-state index is 0.646. The molecule has 0 radical (unpaired) electrons. The van der Waals surface area contributed by atoms with Crippen molar-refractivity contribution in [1.82, 2.24) is 9.97 Å². The number of hydrogen-bond acceptors (Lipinski definition) is 3. The number of rotatable bonds is 5. The summed E-state index contributed by atoms with van der Waals surface area (Å²) < 4.78 is 1.58. The zero-order chi connectivity index (χ0) is 14.5. The van der Waals surface area contributed by atoms with Crippen LogP contribution in [0.15, 0.2) is 33.6 Å². The zero-order valence-electron chi connectivity index (χ0n) is 11.6. The molecule has 2 aromatic rings. The second-order valence-corrected chi connectivity index (χ2v) is 6.78. The summed E-state index contributed by atoms with van der Waals surface area (Å²) in [5.41, 5.74) is 2.44. The summed E-state index contributed by atoms with van der Waals surface area (Å²) in [6.45, 7) is 4.29. The zero-order valence-corrected chi connectivity index (χ0v) is 14.8. The van der Waals surface area contributed by atoms with Gasteiger partial charge in [0.25, 0.3) is 0 Å². The molecule has 0 amide bonds. The molecular formula is C15H17BrN2S2. The molecule has 5 heteroatoms. The highest BCUT2D eigenvalue weighted by molar-refractivity contribution is 9.10. The molecule has 0 aliphatic carbocycles. The fraction of sp³-hybridized carbons (Fsp3) is 0.333. The van der Waals surface area contributed by atoms with E-state index < -0.39 is 0 Å². The maximum absolute atomic E-state index is 5.31. The minimum Gasteiger partial charge on any atom is -0.345 e. The number of aryl methyl sites for hydroxylation is 2. The van der Waals surface area contributed by atoms with Gasteiger partial charge in [0.05, 0.1) is 10.2 Å². The van der Waals surface area contributed by atoms with E-state index >= 15 is 0 Å². The topological polar surface area (TPSA) is 28.7 Å². The standard InChI is InChI=1S/C15H17BrN2S2/c1-3-6-11-14(16)15(19)18-13(17-11)9-20-12-8-5-4-7-10(12)2/h4-5,7-8H,3,6,9H2,1-2H3,(H,17,18,19). The number of benzene rings is 1. The van der Waals surface area contributed by atoms with E-state index in [1.54, 1.807) is 11.8 Å². The molecule has 20 heavy (non-hydrogen) atoms. The molecule has 1 aromatic heterocycles. The average Bonchev–Trinajstić information content (AvgIpc) is 2.43. The number of H-pyrrole nitrogens is 1. The first-order valence-electron chi connectivity index (χ1n) is 6.57. The van der Waals surface area contributed by atoms with Crippen LogP contribution >= 0.6 is 39.9 Å². The van der Waals surface area contributed by atoms with Gasteiger partial charge in [0.2, 0.25) is 0 Å². The van der Waals surface area contributed by atoms with Crippen LogP contribution in [-0.2, 0) is 12.2 Å². The normalized spacial score (nSPS) is 10.8. The summed E-state index contributed by atoms with van der Waals surface area (Å²) in [6, 6.07) is 8.39. The van der Waals surface area contributed by atoms with E-state index in [1.165, 1.54) is 10.5 Å². The Bertz CT molecular complexity index is 653. The number of aromatic amines is 1. The summed E-state index contributed by atoms with van der Waals surface area (Å²) >= 11 is 10.6. The van der Waals surface area contributed by atoms with E-state index in [0.29, 0.717) is 4.64 Å². The molecule has 0 aliphatic heterocycles. The summed E-state index contributed by atoms with van der Waals surface area (Å²) in [5, 5.41) is 0. The molecule has 1 N–H and O–H groups in total. The molecule has 106 valence electrons. The van der Waals surface area contributed by atoms with E-state index in [-0.39, 0.29) is 0 Å². The predicted octanol–water partition coefficient (Wildman–Crippen LogP) is 5.45. The molecule has 0 saturated carbocycles. The Balaban J connectivity index is 2.18. The number of halogens is 1. The number of thioether (sulfide) groups is 1. The quantitative estimate of drug-likeness (QED) is 0.561. The Kier molecular flexibility index (Phi) is 5.81. The number of hydrogen-bond donors (Lipinski definition) is 1. The lowest BCUT2D eigenvalue weighted by molar-refractivity contribution is 0.842. The van der Waals surface area contributed by atoms with Crippen molar-refractivity contribution in [3.63, 3.8) is 0 Å². The Hall–Kier alpha value is -0.650. The highest BCUT2D eigenvalue weighted by atomic mass is 79.9. The van der Waals surface area contributed by atoms with E-state index in [9.17, 15) is 0 Å². The van der Waals surface area contributed by atoms with Crippen molar-refractivity contribution in [3.8, 4) is 0 Å². The van der Waals surface area contributed by atoms with Crippen molar-refractivity contribution < 1.29 is 0 Å². The van der Waals surface area contributed by atoms with Gasteiger partial charge in [0.1, 0.15) is 10.5 Å². The summed E-state index contributed by atoms with van der Waals surface area (Å²) in [6.07, 6.45) is 2.06. The van der Waals surface area contributed by atoms with Crippen molar-refractivity contribution >= 4 is 39.9 Å². The van der Waals surface area contributed by atoms with Gasteiger partial charge in [0, 0.05) is 10.6 Å². The Morgan fingerprint density at radius 1 is 1.35 bits per heavy atom. The van der Waals surface area contributed by atoms with Crippen molar-refractivity contribution in [1.29, 1.82) is 0 Å². The van der Waals surface area contributed by atoms with Crippen molar-refractivity contribution in [2.45, 2.75) is 37.3 Å². The van der Waals surface area contributed by atoms with E-state index in [1.807, 2.05) is 0 Å². The van der Waals surface area contributed by atoms with Gasteiger partial charge in [0.15, 0.2) is 0 Å². The molecule has 2 nitrogen and oxygen atoms in total. The van der Waals surface area contributed by atoms with Crippen molar-refractivity contribution in [3.05, 3.63) is 50.5 Å². The molecule has 0 unspecified atom stereocenters. The molecular weight excluding hydrogens is 352 g/mol. The molecule has 1 aromatic carbocycles. The van der Waals surface area contributed by atoms with Gasteiger partial charge < -0.3 is 4.98 Å². The van der Waals surface area contributed by atoms with E-state index in [0.717, 1.165) is 34.6 Å². The highest BCUT2D eigenvalue weighted by Gasteiger charge is 2.07. The summed E-state index contributed by atoms with van der Waals surface area (Å²) in [4.78, 5) is 9.14. The first kappa shape index (κ1) is 15.7. The maximum atomic E-state index is 5.31. The second kappa shape index (κ2) is 7.38. The molecule has 2 rings (SSSR count). The van der Waals surface area contributed by atoms with Crippen LogP contribution in [0.1, 0.15) is 30.4 Å². The van der Waals surface area contributed by atoms with E-state index in [4.69, 9.17) is 12.2 Å². The van der Waals surface area contributed by atoms with Crippen molar-refractivity contribution in [2.75, 3.05) is 0 Å². The number of nitrogens with zero attached hydrogens (tertiary/aromatic N) is 1. The van der Waals surface area contributed by atoms with Crippen molar-refractivity contribution in [2.24, 2.45) is 0 Å². The first-order valence-corrected chi connectivity index (χ1v) is 8.76. The van der Waals surface area contributed by atoms with Crippen LogP contribution in [-0.4, -0.2) is 9.97 Å². The molecule has 0 saturated heterocycles. The van der Waals surface area contributed by atoms with Gasteiger partial charge in [-0.05, 0) is 40.9 Å². The van der Waals surface area contributed by atoms with Crippen LogP contribution in [0.3, 0.4) is 0 Å². The van der Waals surface area contributed by atoms with Gasteiger partial charge >= 0.3 is 0 Å². The maximum Gasteiger partial charge on any atom is 0.144 e. The molecule has 0 atom stereocenters. The second-order valence-electron chi connectivity index (χ2n) is 4.59. The Labute approximate surface area is 137 Å². The summed E-state index contributed by atoms with van der Waals surface area (Å²) in [5.74, 6) is 1.74. The van der Waals surface area contributed by atoms with Crippen LogP contribution in [0.25, 0.3) is 0 Å². The summed E-state index contributed by atoms with van der Waals surface area (Å²) in [7, 11) is 0. The molecule has 0 aliphatic rings. The van der Waals surface area contributed by atoms with Gasteiger partial charge in [-0.15, -0.1) is 11.8 Å². The van der Waals surface area contributed by atoms with Gasteiger partial charge in [-0.25, -0.2) is 4.98 Å². The minimum atomic E-state index is 0.646. The van der Waals surface area contributed by atoms with Gasteiger partial charge in [-0.3, -0.25) is 0 Å². The Morgan fingerprint density at radius 2 is 2.10 bits per heavy atom. The third-order valence-corrected chi connectivity index (χ3v) is 5.54. The smallest absolute Gasteiger partial charge is 0.144 e. The Morgan fingerprint density at radius 3 is 2.80 bits per heavy atom. The van der Waals surface area contributed by atoms with Crippen LogP contribution in [0.4, 0.5) is 0 Å². The average molecular weight is 369 g/mol. The first-order chi connectivity index (χ1) is 9.61. The molecule has 0 bridgehead atoms.